The zero-order valence-electron chi connectivity index (χ0n) is 37.9. The number of carboxylic acids is 1. The fourth-order valence-electron chi connectivity index (χ4n) is 7.06. The molecule has 65 heavy (non-hydrogen) atoms. The number of allylic oxidation sites excluding steroid dienone is 3. The first-order valence-corrected chi connectivity index (χ1v) is 21.2. The number of aromatic nitrogens is 1. The average Bonchev–Trinajstić information content (AvgIpc) is 3.34. The van der Waals surface area contributed by atoms with Crippen LogP contribution in [0.15, 0.2) is 146 Å². The number of hydrogen-bond acceptors (Lipinski definition) is 8. The van der Waals surface area contributed by atoms with Gasteiger partial charge >= 0.3 is 5.97 Å². The minimum absolute atomic E-state index is 0.250. The standard InChI is InChI=1S/C27H26N2O3.C25H25N3.C2H6.CH2O2/c1-3-23(18-7-5-4-6-8-18)27(20-11-13-24(29)22(15-20)17-28)21-10-9-19(12-14-26(30)31)25(16-21)32-2;1-3-8-22-13-11-20(17-28-22)25(19-12-14-24(27)21(15-19)16-26)23(4-2)18-9-6-5-7-10-18;1-2;2-1-3/h4-17,28H,3,29H2,1-2H3,(H,30,31);3,5-17,26H,4,27H2,1-2H3;1-2H3;1H,(H,2,3)/b14-12+,27-23-,28-17?;8-3+,25-23-,26-16?;;. The maximum atomic E-state index is 10.9. The minimum atomic E-state index is -1.02. The first kappa shape index (κ1) is 51.2. The number of nitrogens with one attached hydrogen (secondary N) is 2. The third-order valence-corrected chi connectivity index (χ3v) is 9.96. The second-order valence-corrected chi connectivity index (χ2v) is 13.8. The van der Waals surface area contributed by atoms with Gasteiger partial charge in [0.15, 0.2) is 0 Å². The summed E-state index contributed by atoms with van der Waals surface area (Å²) in [6, 6.07) is 42.0. The molecule has 10 heteroatoms. The van der Waals surface area contributed by atoms with Gasteiger partial charge in [-0.05, 0) is 118 Å². The van der Waals surface area contributed by atoms with Gasteiger partial charge in [0.25, 0.3) is 6.47 Å². The fraction of sp³-hybridized carbons (Fsp3) is 0.145. The molecule has 0 aliphatic carbocycles. The molecule has 0 fully saturated rings. The Hall–Kier alpha value is -8.11. The van der Waals surface area contributed by atoms with E-state index in [1.54, 1.807) is 7.11 Å². The molecular formula is C55H59N5O5. The van der Waals surface area contributed by atoms with Crippen LogP contribution in [0.1, 0.15) is 103 Å². The topological polar surface area (TPSA) is 196 Å². The summed E-state index contributed by atoms with van der Waals surface area (Å²) in [4.78, 5) is 23.9. The molecule has 0 atom stereocenters. The molecule has 6 rings (SSSR count). The highest BCUT2D eigenvalue weighted by Crippen LogP contribution is 2.38. The Bertz CT molecular complexity index is 2630. The fourth-order valence-corrected chi connectivity index (χ4v) is 7.06. The normalized spacial score (nSPS) is 11.3. The summed E-state index contributed by atoms with van der Waals surface area (Å²) in [6.07, 6.45) is 12.7. The third kappa shape index (κ3) is 14.2. The molecule has 0 aliphatic rings. The van der Waals surface area contributed by atoms with E-state index in [1.165, 1.54) is 29.6 Å². The van der Waals surface area contributed by atoms with Crippen molar-refractivity contribution < 1.29 is 24.5 Å². The lowest BCUT2D eigenvalue weighted by atomic mass is 9.87. The van der Waals surface area contributed by atoms with Gasteiger partial charge in [0.2, 0.25) is 0 Å². The lowest BCUT2D eigenvalue weighted by Gasteiger charge is -2.18. The first-order chi connectivity index (χ1) is 31.6. The number of nitrogens with zero attached hydrogens (tertiary/aromatic N) is 1. The summed E-state index contributed by atoms with van der Waals surface area (Å²) in [7, 11) is 1.56. The number of hydrogen-bond donors (Lipinski definition) is 6. The lowest BCUT2D eigenvalue weighted by molar-refractivity contribution is -0.131. The molecule has 0 saturated carbocycles. The van der Waals surface area contributed by atoms with Gasteiger partial charge in [-0.3, -0.25) is 9.78 Å². The SMILES string of the molecule is C/C=C/c1ccc(/C(=C(/CC)c2ccccc2)c2ccc(N)c(C=N)c2)cn1.CC.CC/C(=C(\c1ccc(N)c(C=N)c1)c1ccc(/C=C/C(=O)O)c(OC)c1)c1ccccc1.O=CO. The van der Waals surface area contributed by atoms with Crippen LogP contribution < -0.4 is 16.2 Å². The Labute approximate surface area is 383 Å². The number of carboxylic acid groups (broad SMARTS) is 2. The van der Waals surface area contributed by atoms with Crippen molar-refractivity contribution in [3.05, 3.63) is 202 Å². The Kier molecular flexibility index (Phi) is 21.3. The summed E-state index contributed by atoms with van der Waals surface area (Å²) in [5, 5.41) is 31.3. The maximum absolute atomic E-state index is 10.9. The van der Waals surface area contributed by atoms with Crippen LogP contribution in [-0.4, -0.2) is 47.2 Å². The predicted octanol–water partition coefficient (Wildman–Crippen LogP) is 12.5. The molecule has 0 bridgehead atoms. The Morgan fingerprint density at radius 1 is 0.646 bits per heavy atom. The number of nitrogen functional groups attached to an aromatic ring is 2. The molecule has 6 aromatic rings. The van der Waals surface area contributed by atoms with E-state index in [1.807, 2.05) is 124 Å². The van der Waals surface area contributed by atoms with Gasteiger partial charge < -0.3 is 37.2 Å². The van der Waals surface area contributed by atoms with E-state index < -0.39 is 5.97 Å². The minimum Gasteiger partial charge on any atom is -0.496 e. The van der Waals surface area contributed by atoms with Crippen LogP contribution in [0.3, 0.4) is 0 Å². The number of pyridine rings is 1. The van der Waals surface area contributed by atoms with Crippen LogP contribution in [0.25, 0.3) is 34.4 Å². The van der Waals surface area contributed by atoms with Crippen molar-refractivity contribution in [2.24, 2.45) is 0 Å². The molecule has 0 spiro atoms. The van der Waals surface area contributed by atoms with Crippen molar-refractivity contribution in [3.8, 4) is 5.75 Å². The van der Waals surface area contributed by atoms with E-state index in [9.17, 15) is 4.79 Å². The molecule has 5 aromatic carbocycles. The van der Waals surface area contributed by atoms with Crippen molar-refractivity contribution >= 4 is 70.7 Å². The van der Waals surface area contributed by atoms with Gasteiger partial charge in [-0.15, -0.1) is 0 Å². The number of benzene rings is 5. The highest BCUT2D eigenvalue weighted by molar-refractivity contribution is 6.02. The van der Waals surface area contributed by atoms with E-state index in [0.29, 0.717) is 28.3 Å². The van der Waals surface area contributed by atoms with Crippen LogP contribution >= 0.6 is 0 Å². The van der Waals surface area contributed by atoms with Crippen molar-refractivity contribution in [1.82, 2.24) is 4.98 Å². The number of anilines is 2. The molecule has 0 saturated heterocycles. The van der Waals surface area contributed by atoms with Gasteiger partial charge in [-0.2, -0.15) is 0 Å². The zero-order valence-corrected chi connectivity index (χ0v) is 37.9. The van der Waals surface area contributed by atoms with Crippen LogP contribution in [0, 0.1) is 10.8 Å². The molecule has 0 amide bonds. The van der Waals surface area contributed by atoms with E-state index in [0.717, 1.165) is 74.7 Å². The van der Waals surface area contributed by atoms with E-state index in [2.05, 4.69) is 61.3 Å². The monoisotopic (exact) mass is 869 g/mol. The number of ether oxygens (including phenoxy) is 1. The van der Waals surface area contributed by atoms with E-state index in [-0.39, 0.29) is 6.47 Å². The van der Waals surface area contributed by atoms with Crippen molar-refractivity contribution in [2.45, 2.75) is 47.5 Å². The Balaban J connectivity index is 0.000000316. The molecule has 8 N–H and O–H groups in total. The van der Waals surface area contributed by atoms with Gasteiger partial charge in [0, 0.05) is 58.3 Å². The smallest absolute Gasteiger partial charge is 0.328 e. The van der Waals surface area contributed by atoms with E-state index >= 15 is 0 Å². The predicted molar refractivity (Wildman–Crippen MR) is 271 cm³/mol. The van der Waals surface area contributed by atoms with Crippen LogP contribution in [-0.2, 0) is 9.59 Å². The number of nitrogens with two attached hydrogens (primary N) is 2. The molecular weight excluding hydrogens is 811 g/mol. The molecule has 0 unspecified atom stereocenters. The highest BCUT2D eigenvalue weighted by Gasteiger charge is 2.17. The number of carbonyl (C=O) groups is 2. The Morgan fingerprint density at radius 3 is 1.49 bits per heavy atom. The van der Waals surface area contributed by atoms with Crippen LogP contribution in [0.4, 0.5) is 11.4 Å². The molecule has 1 aromatic heterocycles. The van der Waals surface area contributed by atoms with Gasteiger partial charge in [0.05, 0.1) is 12.8 Å². The summed E-state index contributed by atoms with van der Waals surface area (Å²) in [5.41, 5.74) is 26.9. The van der Waals surface area contributed by atoms with Crippen LogP contribution in [0.2, 0.25) is 0 Å². The molecule has 334 valence electrons. The molecule has 0 radical (unpaired) electrons. The molecule has 0 aliphatic heterocycles. The van der Waals surface area contributed by atoms with Gasteiger partial charge in [-0.25, -0.2) is 4.79 Å². The highest BCUT2D eigenvalue weighted by atomic mass is 16.5. The second-order valence-electron chi connectivity index (χ2n) is 13.8. The molecule has 1 heterocycles. The Morgan fingerprint density at radius 2 is 1.09 bits per heavy atom. The summed E-state index contributed by atoms with van der Waals surface area (Å²) >= 11 is 0. The summed E-state index contributed by atoms with van der Waals surface area (Å²) in [6.45, 7) is 10.0. The van der Waals surface area contributed by atoms with Crippen molar-refractivity contribution in [1.29, 1.82) is 10.8 Å². The lowest BCUT2D eigenvalue weighted by Crippen LogP contribution is -2.00. The average molecular weight is 870 g/mol. The number of aliphatic carboxylic acids is 1. The third-order valence-electron chi connectivity index (χ3n) is 9.96. The zero-order chi connectivity index (χ0) is 47.7. The van der Waals surface area contributed by atoms with Crippen molar-refractivity contribution in [3.63, 3.8) is 0 Å². The number of methoxy groups -OCH3 is 1. The maximum Gasteiger partial charge on any atom is 0.328 e. The quantitative estimate of drug-likeness (QED) is 0.0204. The van der Waals surface area contributed by atoms with Crippen LogP contribution in [0.5, 0.6) is 5.75 Å². The van der Waals surface area contributed by atoms with E-state index in [4.69, 9.17) is 42.0 Å². The first-order valence-electron chi connectivity index (χ1n) is 21.2. The van der Waals surface area contributed by atoms with Crippen molar-refractivity contribution in [2.75, 3.05) is 18.6 Å². The summed E-state index contributed by atoms with van der Waals surface area (Å²) in [5.74, 6) is -0.446. The van der Waals surface area contributed by atoms with Gasteiger partial charge in [-0.1, -0.05) is 125 Å². The largest absolute Gasteiger partial charge is 0.496 e. The molecule has 10 nitrogen and oxygen atoms in total. The summed E-state index contributed by atoms with van der Waals surface area (Å²) < 4.78 is 5.56. The van der Waals surface area contributed by atoms with Gasteiger partial charge in [0.1, 0.15) is 5.75 Å². The second kappa shape index (κ2) is 27.1. The number of rotatable bonds is 14.